The fourth-order valence-electron chi connectivity index (χ4n) is 2.22. The fourth-order valence-corrected chi connectivity index (χ4v) is 2.22. The van der Waals surface area contributed by atoms with Crippen LogP contribution < -0.4 is 5.32 Å². The molecule has 0 radical (unpaired) electrons. The molecule has 1 fully saturated rings. The van der Waals surface area contributed by atoms with Gasteiger partial charge in [-0.2, -0.15) is 0 Å². The van der Waals surface area contributed by atoms with Crippen molar-refractivity contribution in [1.82, 2.24) is 9.88 Å². The average molecular weight is 251 g/mol. The molecule has 1 saturated heterocycles. The molecule has 2 rings (SSSR count). The van der Waals surface area contributed by atoms with Gasteiger partial charge in [0.05, 0.1) is 19.3 Å². The smallest absolute Gasteiger partial charge is 0.130 e. The van der Waals surface area contributed by atoms with Crippen LogP contribution in [0.15, 0.2) is 18.3 Å². The molecule has 1 aromatic heterocycles. The molecule has 0 saturated carbocycles. The van der Waals surface area contributed by atoms with E-state index in [0.717, 1.165) is 18.9 Å². The number of hydrogen-bond acceptors (Lipinski definition) is 5. The maximum absolute atomic E-state index is 9.19. The molecular formula is C13H21N3O2. The second-order valence-corrected chi connectivity index (χ2v) is 4.68. The summed E-state index contributed by atoms with van der Waals surface area (Å²) in [5.41, 5.74) is 1.17. The summed E-state index contributed by atoms with van der Waals surface area (Å²) >= 11 is 0. The lowest BCUT2D eigenvalue weighted by molar-refractivity contribution is -0.0805. The predicted molar refractivity (Wildman–Crippen MR) is 70.5 cm³/mol. The van der Waals surface area contributed by atoms with Crippen molar-refractivity contribution < 1.29 is 9.84 Å². The lowest BCUT2D eigenvalue weighted by Crippen LogP contribution is -2.48. The summed E-state index contributed by atoms with van der Waals surface area (Å²) in [6.07, 6.45) is 1.71. The van der Waals surface area contributed by atoms with Gasteiger partial charge in [-0.15, -0.1) is 0 Å². The number of aliphatic hydroxyl groups excluding tert-OH is 1. The molecule has 100 valence electrons. The highest BCUT2D eigenvalue weighted by Gasteiger charge is 2.26. The Balaban J connectivity index is 2.07. The lowest BCUT2D eigenvalue weighted by atomic mass is 10.1. The van der Waals surface area contributed by atoms with E-state index in [1.54, 1.807) is 6.20 Å². The molecule has 18 heavy (non-hydrogen) atoms. The zero-order chi connectivity index (χ0) is 13.0. The molecule has 5 nitrogen and oxygen atoms in total. The molecule has 1 aliphatic rings. The monoisotopic (exact) mass is 251 g/mol. The van der Waals surface area contributed by atoms with Gasteiger partial charge < -0.3 is 15.2 Å². The number of nitrogens with zero attached hydrogens (tertiary/aromatic N) is 2. The Labute approximate surface area is 108 Å². The van der Waals surface area contributed by atoms with Crippen molar-refractivity contribution in [2.45, 2.75) is 25.6 Å². The van der Waals surface area contributed by atoms with Crippen LogP contribution in [0.3, 0.4) is 0 Å². The number of aliphatic hydroxyl groups is 1. The summed E-state index contributed by atoms with van der Waals surface area (Å²) < 4.78 is 5.54. The summed E-state index contributed by atoms with van der Waals surface area (Å²) in [6.45, 7) is 4.47. The van der Waals surface area contributed by atoms with E-state index in [9.17, 15) is 5.11 Å². The first-order chi connectivity index (χ1) is 8.74. The quantitative estimate of drug-likeness (QED) is 0.825. The van der Waals surface area contributed by atoms with Crippen LogP contribution in [-0.2, 0) is 11.3 Å². The topological polar surface area (TPSA) is 57.6 Å². The summed E-state index contributed by atoms with van der Waals surface area (Å²) in [5.74, 6) is 0.914. The molecule has 0 bridgehead atoms. The molecule has 0 spiro atoms. The van der Waals surface area contributed by atoms with Gasteiger partial charge in [0.25, 0.3) is 0 Å². The van der Waals surface area contributed by atoms with E-state index in [1.807, 2.05) is 13.1 Å². The van der Waals surface area contributed by atoms with Gasteiger partial charge in [0.1, 0.15) is 5.82 Å². The van der Waals surface area contributed by atoms with Crippen molar-refractivity contribution in [3.8, 4) is 0 Å². The van der Waals surface area contributed by atoms with E-state index in [-0.39, 0.29) is 12.7 Å². The van der Waals surface area contributed by atoms with Crippen molar-refractivity contribution in [3.63, 3.8) is 0 Å². The minimum atomic E-state index is -0.0732. The lowest BCUT2D eigenvalue weighted by Gasteiger charge is -2.37. The van der Waals surface area contributed by atoms with Gasteiger partial charge in [-0.1, -0.05) is 6.07 Å². The van der Waals surface area contributed by atoms with E-state index in [1.165, 1.54) is 5.56 Å². The minimum Gasteiger partial charge on any atom is -0.394 e. The number of aromatic nitrogens is 1. The van der Waals surface area contributed by atoms with Crippen LogP contribution in [0.25, 0.3) is 0 Å². The summed E-state index contributed by atoms with van der Waals surface area (Å²) in [4.78, 5) is 6.63. The van der Waals surface area contributed by atoms with Crippen LogP contribution in [0.2, 0.25) is 0 Å². The third-order valence-corrected chi connectivity index (χ3v) is 3.34. The van der Waals surface area contributed by atoms with E-state index < -0.39 is 0 Å². The van der Waals surface area contributed by atoms with Crippen molar-refractivity contribution in [1.29, 1.82) is 0 Å². The number of ether oxygens (including phenoxy) is 1. The summed E-state index contributed by atoms with van der Waals surface area (Å²) in [6, 6.07) is 4.39. The minimum absolute atomic E-state index is 0.0732. The number of morpholine rings is 1. The maximum atomic E-state index is 9.19. The number of rotatable bonds is 4. The Hall–Kier alpha value is -1.17. The first-order valence-electron chi connectivity index (χ1n) is 6.32. The Kier molecular flexibility index (Phi) is 4.52. The zero-order valence-electron chi connectivity index (χ0n) is 11.0. The molecule has 2 N–H and O–H groups in total. The van der Waals surface area contributed by atoms with Gasteiger partial charge >= 0.3 is 0 Å². The molecule has 2 heterocycles. The fraction of sp³-hybridized carbons (Fsp3) is 0.615. The van der Waals surface area contributed by atoms with Crippen LogP contribution in [0.5, 0.6) is 0 Å². The highest BCUT2D eigenvalue weighted by atomic mass is 16.5. The molecule has 0 amide bonds. The molecule has 0 aromatic carbocycles. The standard InChI is InChI=1S/C13H21N3O2/c1-10-9-18-12(8-17)7-16(10)6-11-4-3-5-15-13(11)14-2/h3-5,10,12,17H,6-9H2,1-2H3,(H,14,15). The highest BCUT2D eigenvalue weighted by Crippen LogP contribution is 2.18. The average Bonchev–Trinajstić information content (AvgIpc) is 2.42. The zero-order valence-corrected chi connectivity index (χ0v) is 11.0. The van der Waals surface area contributed by atoms with Gasteiger partial charge in [0.15, 0.2) is 0 Å². The summed E-state index contributed by atoms with van der Waals surface area (Å²) in [7, 11) is 1.88. The first-order valence-corrected chi connectivity index (χ1v) is 6.32. The number of anilines is 1. The maximum Gasteiger partial charge on any atom is 0.130 e. The molecule has 2 unspecified atom stereocenters. The molecule has 0 aliphatic carbocycles. The van der Waals surface area contributed by atoms with Crippen molar-refractivity contribution in [2.24, 2.45) is 0 Å². The SMILES string of the molecule is CNc1ncccc1CN1CC(CO)OCC1C. The molecule has 2 atom stereocenters. The van der Waals surface area contributed by atoms with Gasteiger partial charge in [0.2, 0.25) is 0 Å². The van der Waals surface area contributed by atoms with Crippen LogP contribution in [0.4, 0.5) is 5.82 Å². The third-order valence-electron chi connectivity index (χ3n) is 3.34. The number of nitrogens with one attached hydrogen (secondary N) is 1. The van der Waals surface area contributed by atoms with E-state index >= 15 is 0 Å². The van der Waals surface area contributed by atoms with Gasteiger partial charge in [-0.3, -0.25) is 4.90 Å². The van der Waals surface area contributed by atoms with Crippen LogP contribution in [-0.4, -0.2) is 53.9 Å². The van der Waals surface area contributed by atoms with Crippen molar-refractivity contribution in [2.75, 3.05) is 32.1 Å². The van der Waals surface area contributed by atoms with Crippen LogP contribution in [0, 0.1) is 0 Å². The number of pyridine rings is 1. The van der Waals surface area contributed by atoms with E-state index in [2.05, 4.69) is 28.2 Å². The van der Waals surface area contributed by atoms with Crippen molar-refractivity contribution in [3.05, 3.63) is 23.9 Å². The molecule has 1 aliphatic heterocycles. The largest absolute Gasteiger partial charge is 0.394 e. The van der Waals surface area contributed by atoms with Crippen LogP contribution >= 0.6 is 0 Å². The Morgan fingerprint density at radius 2 is 2.44 bits per heavy atom. The molecular weight excluding hydrogens is 230 g/mol. The molecule has 1 aromatic rings. The Morgan fingerprint density at radius 3 is 3.17 bits per heavy atom. The second kappa shape index (κ2) is 6.13. The van der Waals surface area contributed by atoms with E-state index in [4.69, 9.17) is 4.74 Å². The highest BCUT2D eigenvalue weighted by molar-refractivity contribution is 5.42. The predicted octanol–water partition coefficient (Wildman–Crippen LogP) is 0.705. The Morgan fingerprint density at radius 1 is 1.61 bits per heavy atom. The van der Waals surface area contributed by atoms with Gasteiger partial charge in [-0.25, -0.2) is 4.98 Å². The van der Waals surface area contributed by atoms with Crippen molar-refractivity contribution >= 4 is 5.82 Å². The molecule has 5 heteroatoms. The summed E-state index contributed by atoms with van der Waals surface area (Å²) in [5, 5.41) is 12.3. The Bertz CT molecular complexity index is 386. The van der Waals surface area contributed by atoms with E-state index in [0.29, 0.717) is 12.6 Å². The second-order valence-electron chi connectivity index (χ2n) is 4.68. The first kappa shape index (κ1) is 13.3. The number of hydrogen-bond donors (Lipinski definition) is 2. The normalized spacial score (nSPS) is 25.1. The van der Waals surface area contributed by atoms with Gasteiger partial charge in [-0.05, 0) is 13.0 Å². The third kappa shape index (κ3) is 2.98. The van der Waals surface area contributed by atoms with Crippen LogP contribution in [0.1, 0.15) is 12.5 Å². The van der Waals surface area contributed by atoms with Gasteiger partial charge in [0, 0.05) is 37.9 Å².